The Morgan fingerprint density at radius 1 is 1.12 bits per heavy atom. The van der Waals surface area contributed by atoms with Crippen molar-refractivity contribution in [3.8, 4) is 5.75 Å². The van der Waals surface area contributed by atoms with Crippen molar-refractivity contribution < 1.29 is 22.6 Å². The molecule has 0 amide bonds. The fourth-order valence-electron chi connectivity index (χ4n) is 1.89. The fraction of sp³-hybridized carbons (Fsp3) is 0.588. The molecule has 1 rings (SSSR count). The molecule has 0 radical (unpaired) electrons. The zero-order chi connectivity index (χ0) is 18.5. The lowest BCUT2D eigenvalue weighted by Gasteiger charge is -2.11. The summed E-state index contributed by atoms with van der Waals surface area (Å²) in [5.74, 6) is 0.877. The average molecular weight is 361 g/mol. The van der Waals surface area contributed by atoms with Crippen LogP contribution in [-0.2, 0) is 11.3 Å². The SMILES string of the molecule is CCNC(=NCc1ccc(OCC(F)(F)F)cc1)NCCCOCC. The Balaban J connectivity index is 2.46. The van der Waals surface area contributed by atoms with Gasteiger partial charge in [-0.05, 0) is 38.0 Å². The van der Waals surface area contributed by atoms with Gasteiger partial charge in [-0.2, -0.15) is 13.2 Å². The second-order valence-corrected chi connectivity index (χ2v) is 5.22. The van der Waals surface area contributed by atoms with Crippen LogP contribution in [0.15, 0.2) is 29.3 Å². The van der Waals surface area contributed by atoms with Gasteiger partial charge in [-0.1, -0.05) is 12.1 Å². The van der Waals surface area contributed by atoms with Crippen LogP contribution in [0.5, 0.6) is 5.75 Å². The van der Waals surface area contributed by atoms with E-state index in [1.807, 2.05) is 13.8 Å². The molecule has 5 nitrogen and oxygen atoms in total. The van der Waals surface area contributed by atoms with Crippen LogP contribution >= 0.6 is 0 Å². The normalized spacial score (nSPS) is 12.1. The van der Waals surface area contributed by atoms with Crippen LogP contribution < -0.4 is 15.4 Å². The van der Waals surface area contributed by atoms with E-state index in [9.17, 15) is 13.2 Å². The zero-order valence-electron chi connectivity index (χ0n) is 14.7. The second-order valence-electron chi connectivity index (χ2n) is 5.22. The van der Waals surface area contributed by atoms with Gasteiger partial charge < -0.3 is 20.1 Å². The van der Waals surface area contributed by atoms with Gasteiger partial charge in [0.15, 0.2) is 12.6 Å². The van der Waals surface area contributed by atoms with Gasteiger partial charge in [-0.25, -0.2) is 4.99 Å². The highest BCUT2D eigenvalue weighted by Crippen LogP contribution is 2.19. The van der Waals surface area contributed by atoms with Crippen LogP contribution in [0.4, 0.5) is 13.2 Å². The predicted molar refractivity (Wildman–Crippen MR) is 91.9 cm³/mol. The van der Waals surface area contributed by atoms with Crippen molar-refractivity contribution in [2.24, 2.45) is 4.99 Å². The second kappa shape index (κ2) is 11.6. The number of nitrogens with one attached hydrogen (secondary N) is 2. The number of hydrogen-bond acceptors (Lipinski definition) is 3. The van der Waals surface area contributed by atoms with E-state index in [1.165, 1.54) is 12.1 Å². The third kappa shape index (κ3) is 10.5. The number of aliphatic imine (C=N–C) groups is 1. The van der Waals surface area contributed by atoms with Gasteiger partial charge in [0.05, 0.1) is 6.54 Å². The molecule has 0 spiro atoms. The van der Waals surface area contributed by atoms with Crippen LogP contribution in [0.3, 0.4) is 0 Å². The smallest absolute Gasteiger partial charge is 0.422 e. The average Bonchev–Trinajstić information content (AvgIpc) is 2.58. The summed E-state index contributed by atoms with van der Waals surface area (Å²) in [4.78, 5) is 4.45. The Bertz CT molecular complexity index is 505. The van der Waals surface area contributed by atoms with Crippen LogP contribution in [0.25, 0.3) is 0 Å². The van der Waals surface area contributed by atoms with E-state index in [4.69, 9.17) is 4.74 Å². The molecule has 0 bridgehead atoms. The van der Waals surface area contributed by atoms with Gasteiger partial charge in [-0.15, -0.1) is 0 Å². The van der Waals surface area contributed by atoms with Crippen molar-refractivity contribution in [3.63, 3.8) is 0 Å². The lowest BCUT2D eigenvalue weighted by Crippen LogP contribution is -2.38. The van der Waals surface area contributed by atoms with Gasteiger partial charge in [0.2, 0.25) is 0 Å². The maximum atomic E-state index is 12.1. The standard InChI is InChI=1S/C17H26F3N3O2/c1-3-21-16(22-10-5-11-24-4-2)23-12-14-6-8-15(9-7-14)25-13-17(18,19)20/h6-9H,3-5,10-13H2,1-2H3,(H2,21,22,23). The van der Waals surface area contributed by atoms with Crippen molar-refractivity contribution in [1.29, 1.82) is 0 Å². The highest BCUT2D eigenvalue weighted by Gasteiger charge is 2.28. The Morgan fingerprint density at radius 3 is 2.44 bits per heavy atom. The van der Waals surface area contributed by atoms with E-state index >= 15 is 0 Å². The maximum Gasteiger partial charge on any atom is 0.422 e. The first kappa shape index (κ1) is 21.1. The molecule has 0 heterocycles. The summed E-state index contributed by atoms with van der Waals surface area (Å²) in [6, 6.07) is 6.43. The Hall–Kier alpha value is -1.96. The number of alkyl halides is 3. The molecule has 0 aliphatic heterocycles. The zero-order valence-corrected chi connectivity index (χ0v) is 14.7. The predicted octanol–water partition coefficient (Wildman–Crippen LogP) is 3.11. The fourth-order valence-corrected chi connectivity index (χ4v) is 1.89. The first-order valence-electron chi connectivity index (χ1n) is 8.33. The number of ether oxygens (including phenoxy) is 2. The Kier molecular flexibility index (Phi) is 9.76. The minimum atomic E-state index is -4.34. The van der Waals surface area contributed by atoms with Crippen LogP contribution in [0.2, 0.25) is 0 Å². The van der Waals surface area contributed by atoms with Crippen LogP contribution in [0, 0.1) is 0 Å². The highest BCUT2D eigenvalue weighted by atomic mass is 19.4. The number of hydrogen-bond donors (Lipinski definition) is 2. The first-order valence-corrected chi connectivity index (χ1v) is 8.33. The number of rotatable bonds is 10. The third-order valence-corrected chi connectivity index (χ3v) is 3.05. The van der Waals surface area contributed by atoms with E-state index in [0.29, 0.717) is 25.7 Å². The lowest BCUT2D eigenvalue weighted by molar-refractivity contribution is -0.153. The van der Waals surface area contributed by atoms with Crippen molar-refractivity contribution in [1.82, 2.24) is 10.6 Å². The van der Waals surface area contributed by atoms with Crippen molar-refractivity contribution in [3.05, 3.63) is 29.8 Å². The van der Waals surface area contributed by atoms with E-state index in [1.54, 1.807) is 12.1 Å². The number of nitrogens with zero attached hydrogens (tertiary/aromatic N) is 1. The van der Waals surface area contributed by atoms with Crippen molar-refractivity contribution >= 4 is 5.96 Å². The lowest BCUT2D eigenvalue weighted by atomic mass is 10.2. The third-order valence-electron chi connectivity index (χ3n) is 3.05. The molecule has 25 heavy (non-hydrogen) atoms. The summed E-state index contributed by atoms with van der Waals surface area (Å²) in [6.45, 7) is 5.94. The highest BCUT2D eigenvalue weighted by molar-refractivity contribution is 5.79. The molecule has 2 N–H and O–H groups in total. The van der Waals surface area contributed by atoms with E-state index in [0.717, 1.165) is 25.1 Å². The Labute approximate surface area is 146 Å². The van der Waals surface area contributed by atoms with Gasteiger partial charge in [-0.3, -0.25) is 0 Å². The minimum Gasteiger partial charge on any atom is -0.484 e. The van der Waals surface area contributed by atoms with Crippen LogP contribution in [0.1, 0.15) is 25.8 Å². The maximum absolute atomic E-state index is 12.1. The van der Waals surface area contributed by atoms with E-state index in [-0.39, 0.29) is 5.75 Å². The largest absolute Gasteiger partial charge is 0.484 e. The first-order chi connectivity index (χ1) is 11.9. The molecular formula is C17H26F3N3O2. The molecule has 0 unspecified atom stereocenters. The monoisotopic (exact) mass is 361 g/mol. The molecule has 0 saturated heterocycles. The van der Waals surface area contributed by atoms with Crippen molar-refractivity contribution in [2.75, 3.05) is 32.9 Å². The summed E-state index contributed by atoms with van der Waals surface area (Å²) in [7, 11) is 0. The minimum absolute atomic E-state index is 0.186. The molecule has 0 aliphatic carbocycles. The molecule has 1 aromatic rings. The topological polar surface area (TPSA) is 54.9 Å². The van der Waals surface area contributed by atoms with E-state index < -0.39 is 12.8 Å². The quantitative estimate of drug-likeness (QED) is 0.382. The summed E-state index contributed by atoms with van der Waals surface area (Å²) in [5, 5.41) is 6.35. The van der Waals surface area contributed by atoms with Crippen molar-refractivity contribution in [2.45, 2.75) is 33.0 Å². The number of halogens is 3. The van der Waals surface area contributed by atoms with Gasteiger partial charge in [0.25, 0.3) is 0 Å². The van der Waals surface area contributed by atoms with Gasteiger partial charge in [0.1, 0.15) is 5.75 Å². The summed E-state index contributed by atoms with van der Waals surface area (Å²) in [5.41, 5.74) is 0.880. The van der Waals surface area contributed by atoms with Crippen LogP contribution in [-0.4, -0.2) is 45.0 Å². The summed E-state index contributed by atoms with van der Waals surface area (Å²) >= 11 is 0. The molecular weight excluding hydrogens is 335 g/mol. The summed E-state index contributed by atoms with van der Waals surface area (Å²) < 4.78 is 46.3. The molecule has 1 aromatic carbocycles. The van der Waals surface area contributed by atoms with Gasteiger partial charge >= 0.3 is 6.18 Å². The molecule has 0 aliphatic rings. The van der Waals surface area contributed by atoms with Gasteiger partial charge in [0, 0.05) is 26.3 Å². The number of benzene rings is 1. The Morgan fingerprint density at radius 2 is 1.84 bits per heavy atom. The molecule has 8 heteroatoms. The molecule has 142 valence electrons. The molecule has 0 atom stereocenters. The van der Waals surface area contributed by atoms with E-state index in [2.05, 4.69) is 20.4 Å². The molecule has 0 fully saturated rings. The molecule has 0 saturated carbocycles. The number of guanidine groups is 1. The summed E-state index contributed by atoms with van der Waals surface area (Å²) in [6.07, 6.45) is -3.46. The molecule has 0 aromatic heterocycles.